The van der Waals surface area contributed by atoms with Crippen LogP contribution in [0.3, 0.4) is 0 Å². The fourth-order valence-corrected chi connectivity index (χ4v) is 5.96. The number of piperazine rings is 1. The summed E-state index contributed by atoms with van der Waals surface area (Å²) < 4.78 is 27.3. The van der Waals surface area contributed by atoms with Gasteiger partial charge in [0.1, 0.15) is 10.6 Å². The maximum atomic E-state index is 12.7. The predicted molar refractivity (Wildman–Crippen MR) is 144 cm³/mol. The van der Waals surface area contributed by atoms with Gasteiger partial charge in [-0.2, -0.15) is 0 Å². The highest BCUT2D eigenvalue weighted by molar-refractivity contribution is 7.98. The van der Waals surface area contributed by atoms with Crippen molar-refractivity contribution in [2.45, 2.75) is 16.3 Å². The zero-order valence-electron chi connectivity index (χ0n) is 20.2. The molecule has 0 aliphatic carbocycles. The van der Waals surface area contributed by atoms with E-state index in [-0.39, 0.29) is 5.56 Å². The van der Waals surface area contributed by atoms with E-state index in [2.05, 4.69) is 40.3 Å². The van der Waals surface area contributed by atoms with Crippen molar-refractivity contribution >= 4 is 44.8 Å². The lowest BCUT2D eigenvalue weighted by Gasteiger charge is -2.36. The molecule has 0 aromatic heterocycles. The molecule has 1 aliphatic rings. The Morgan fingerprint density at radius 2 is 1.70 bits per heavy atom. The topological polar surface area (TPSA) is 139 Å². The maximum Gasteiger partial charge on any atom is 0.293 e. The van der Waals surface area contributed by atoms with Gasteiger partial charge in [-0.15, -0.1) is 11.8 Å². The van der Waals surface area contributed by atoms with Crippen molar-refractivity contribution in [2.24, 2.45) is 0 Å². The van der Waals surface area contributed by atoms with Gasteiger partial charge in [-0.1, -0.05) is 24.3 Å². The number of nitrogens with zero attached hydrogens (tertiary/aromatic N) is 3. The lowest BCUT2D eigenvalue weighted by atomic mass is 10.1. The number of nitro groups is 1. The second-order valence-electron chi connectivity index (χ2n) is 8.50. The number of sulfonamides is 1. The van der Waals surface area contributed by atoms with Crippen LogP contribution in [0, 0.1) is 10.1 Å². The number of carbonyl (C=O) groups excluding carboxylic acids is 1. The molecule has 3 aromatic carbocycles. The van der Waals surface area contributed by atoms with E-state index < -0.39 is 37.1 Å². The number of anilines is 2. The molecule has 0 saturated carbocycles. The van der Waals surface area contributed by atoms with E-state index in [1.54, 1.807) is 36.0 Å². The zero-order valence-corrected chi connectivity index (χ0v) is 21.8. The van der Waals surface area contributed by atoms with E-state index >= 15 is 0 Å². The molecule has 12 heteroatoms. The van der Waals surface area contributed by atoms with E-state index in [1.807, 2.05) is 4.72 Å². The van der Waals surface area contributed by atoms with Crippen LogP contribution in [-0.4, -0.2) is 56.6 Å². The van der Waals surface area contributed by atoms with E-state index in [9.17, 15) is 23.3 Å². The monoisotopic (exact) mass is 541 g/mol. The molecule has 0 radical (unpaired) electrons. The van der Waals surface area contributed by atoms with Crippen molar-refractivity contribution in [1.82, 2.24) is 9.62 Å². The van der Waals surface area contributed by atoms with Crippen molar-refractivity contribution in [3.8, 4) is 0 Å². The van der Waals surface area contributed by atoms with Crippen molar-refractivity contribution in [1.29, 1.82) is 0 Å². The summed E-state index contributed by atoms with van der Waals surface area (Å²) in [5.74, 6) is -0.852. The molecule has 1 heterocycles. The van der Waals surface area contributed by atoms with E-state index in [0.29, 0.717) is 0 Å². The third kappa shape index (κ3) is 6.04. The molecular weight excluding hydrogens is 514 g/mol. The van der Waals surface area contributed by atoms with E-state index in [0.717, 1.165) is 50.5 Å². The lowest BCUT2D eigenvalue weighted by Crippen LogP contribution is -2.46. The van der Waals surface area contributed by atoms with E-state index in [4.69, 9.17) is 5.73 Å². The molecule has 1 saturated heterocycles. The number of thioether (sulfide) groups is 1. The van der Waals surface area contributed by atoms with Crippen LogP contribution in [0.15, 0.2) is 76.5 Å². The van der Waals surface area contributed by atoms with Crippen LogP contribution in [0.1, 0.15) is 15.9 Å². The molecule has 1 fully saturated rings. The van der Waals surface area contributed by atoms with Crippen LogP contribution in [0.2, 0.25) is 0 Å². The molecule has 3 aromatic rings. The van der Waals surface area contributed by atoms with Crippen molar-refractivity contribution < 1.29 is 18.1 Å². The number of rotatable bonds is 8. The van der Waals surface area contributed by atoms with Gasteiger partial charge in [-0.25, -0.2) is 13.1 Å². The number of hydrogen-bond donors (Lipinski definition) is 2. The van der Waals surface area contributed by atoms with Gasteiger partial charge < -0.3 is 10.6 Å². The first kappa shape index (κ1) is 26.5. The summed E-state index contributed by atoms with van der Waals surface area (Å²) >= 11 is 1.75. The van der Waals surface area contributed by atoms with Gasteiger partial charge in [0, 0.05) is 54.9 Å². The molecule has 1 aliphatic heterocycles. The molecule has 0 spiro atoms. The quantitative estimate of drug-likeness (QED) is 0.190. The Morgan fingerprint density at radius 3 is 2.35 bits per heavy atom. The highest BCUT2D eigenvalue weighted by atomic mass is 32.2. The minimum absolute atomic E-state index is 0.142. The Bertz CT molecular complexity index is 1410. The SMILES string of the molecule is CSc1ccccc1CN1CCN(c2ccc(C(=O)NS(=O)(=O)c3cccc([N+](=O)[O-])c3N)cc2)CC1. The second kappa shape index (κ2) is 11.2. The van der Waals surface area contributed by atoms with Crippen LogP contribution in [0.4, 0.5) is 17.1 Å². The Balaban J connectivity index is 1.37. The molecule has 37 heavy (non-hydrogen) atoms. The Hall–Kier alpha value is -3.61. The third-order valence-corrected chi connectivity index (χ3v) is 8.44. The molecule has 0 unspecified atom stereocenters. The molecule has 3 N–H and O–H groups in total. The minimum atomic E-state index is -4.41. The zero-order chi connectivity index (χ0) is 26.6. The van der Waals surface area contributed by atoms with Gasteiger partial charge in [-0.3, -0.25) is 19.8 Å². The van der Waals surface area contributed by atoms with Crippen molar-refractivity contribution in [2.75, 3.05) is 43.1 Å². The molecule has 194 valence electrons. The van der Waals surface area contributed by atoms with Crippen LogP contribution in [0.25, 0.3) is 0 Å². The highest BCUT2D eigenvalue weighted by Crippen LogP contribution is 2.28. The number of benzene rings is 3. The summed E-state index contributed by atoms with van der Waals surface area (Å²) in [6, 6.07) is 18.5. The van der Waals surface area contributed by atoms with Gasteiger partial charge in [0.25, 0.3) is 21.6 Å². The summed E-state index contributed by atoms with van der Waals surface area (Å²) in [7, 11) is -4.41. The van der Waals surface area contributed by atoms with Crippen LogP contribution in [0.5, 0.6) is 0 Å². The van der Waals surface area contributed by atoms with Crippen LogP contribution in [-0.2, 0) is 16.6 Å². The summed E-state index contributed by atoms with van der Waals surface area (Å²) in [4.78, 5) is 28.3. The average Bonchev–Trinajstić information content (AvgIpc) is 2.89. The van der Waals surface area contributed by atoms with Gasteiger partial charge in [-0.05, 0) is 48.2 Å². The smallest absolute Gasteiger partial charge is 0.293 e. The molecule has 0 atom stereocenters. The standard InChI is InChI=1S/C25H27N5O5S2/c1-36-22-7-3-2-5-19(22)17-28-13-15-29(16-14-28)20-11-9-18(10-12-20)25(31)27-37(34,35)23-8-4-6-21(24(23)26)30(32)33/h2-12H,13-17,26H2,1H3,(H,27,31). The number of amides is 1. The first-order valence-electron chi connectivity index (χ1n) is 11.5. The van der Waals surface area contributed by atoms with Crippen LogP contribution >= 0.6 is 11.8 Å². The average molecular weight is 542 g/mol. The molecule has 0 bridgehead atoms. The number of carbonyl (C=O) groups is 1. The lowest BCUT2D eigenvalue weighted by molar-refractivity contribution is -0.384. The predicted octanol–water partition coefficient (Wildman–Crippen LogP) is 3.34. The summed E-state index contributed by atoms with van der Waals surface area (Å²) in [5, 5.41) is 11.1. The highest BCUT2D eigenvalue weighted by Gasteiger charge is 2.26. The number of hydrogen-bond acceptors (Lipinski definition) is 9. The fraction of sp³-hybridized carbons (Fsp3) is 0.240. The summed E-state index contributed by atoms with van der Waals surface area (Å²) in [6.45, 7) is 4.34. The van der Waals surface area contributed by atoms with Crippen LogP contribution < -0.4 is 15.4 Å². The van der Waals surface area contributed by atoms with Crippen molar-refractivity contribution in [3.63, 3.8) is 0 Å². The normalized spacial score (nSPS) is 14.4. The van der Waals surface area contributed by atoms with Gasteiger partial charge in [0.05, 0.1) is 4.92 Å². The van der Waals surface area contributed by atoms with E-state index in [1.165, 1.54) is 16.5 Å². The number of nitrogens with one attached hydrogen (secondary N) is 1. The largest absolute Gasteiger partial charge is 0.392 e. The number of nitro benzene ring substituents is 1. The van der Waals surface area contributed by atoms with Gasteiger partial charge in [0.15, 0.2) is 0 Å². The molecule has 4 rings (SSSR count). The summed E-state index contributed by atoms with van der Waals surface area (Å²) in [6.07, 6.45) is 2.08. The van der Waals surface area contributed by atoms with Gasteiger partial charge in [0.2, 0.25) is 0 Å². The Kier molecular flexibility index (Phi) is 8.00. The Morgan fingerprint density at radius 1 is 1.03 bits per heavy atom. The molecular formula is C25H27N5O5S2. The number of nitrogen functional groups attached to an aromatic ring is 1. The number of para-hydroxylation sites is 1. The minimum Gasteiger partial charge on any atom is -0.392 e. The number of nitrogens with two attached hydrogens (primary N) is 1. The first-order chi connectivity index (χ1) is 17.7. The molecule has 1 amide bonds. The fourth-order valence-electron chi connectivity index (χ4n) is 4.22. The summed E-state index contributed by atoms with van der Waals surface area (Å²) in [5.41, 5.74) is 6.99. The first-order valence-corrected chi connectivity index (χ1v) is 14.2. The maximum absolute atomic E-state index is 12.7. The third-order valence-electron chi connectivity index (χ3n) is 6.21. The van der Waals surface area contributed by atoms with Crippen molar-refractivity contribution in [3.05, 3.63) is 88.0 Å². The molecule has 10 nitrogen and oxygen atoms in total. The van der Waals surface area contributed by atoms with Gasteiger partial charge >= 0.3 is 0 Å². The second-order valence-corrected chi connectivity index (χ2v) is 11.0. The Labute approximate surface area is 219 Å².